The molecule has 1 aromatic rings. The van der Waals surface area contributed by atoms with Crippen LogP contribution in [-0.2, 0) is 22.6 Å². The molecule has 22 heavy (non-hydrogen) atoms. The maximum Gasteiger partial charge on any atom is 0.323 e. The summed E-state index contributed by atoms with van der Waals surface area (Å²) in [5.41, 5.74) is 0. The van der Waals surface area contributed by atoms with Crippen LogP contribution in [0.15, 0.2) is 12.1 Å². The van der Waals surface area contributed by atoms with E-state index in [9.17, 15) is 9.59 Å². The lowest BCUT2D eigenvalue weighted by molar-refractivity contribution is -0.150. The van der Waals surface area contributed by atoms with Crippen molar-refractivity contribution in [1.82, 2.24) is 9.80 Å². The Morgan fingerprint density at radius 1 is 1.36 bits per heavy atom. The molecule has 1 fully saturated rings. The fourth-order valence-electron chi connectivity index (χ4n) is 2.73. The van der Waals surface area contributed by atoms with Crippen LogP contribution in [-0.4, -0.2) is 52.5 Å². The highest BCUT2D eigenvalue weighted by Crippen LogP contribution is 2.23. The third-order valence-electron chi connectivity index (χ3n) is 3.89. The van der Waals surface area contributed by atoms with Crippen LogP contribution in [0.25, 0.3) is 0 Å². The molecule has 1 N–H and O–H groups in total. The molecule has 1 atom stereocenters. The molecular weight excluding hydrogens is 300 g/mol. The van der Waals surface area contributed by atoms with E-state index in [0.29, 0.717) is 12.5 Å². The molecule has 1 aromatic heterocycles. The van der Waals surface area contributed by atoms with Crippen molar-refractivity contribution in [2.75, 3.05) is 19.6 Å². The Labute approximate surface area is 135 Å². The summed E-state index contributed by atoms with van der Waals surface area (Å²) in [7, 11) is 0. The third-order valence-corrected chi connectivity index (χ3v) is 4.98. The van der Waals surface area contributed by atoms with Gasteiger partial charge < -0.3 is 10.0 Å². The van der Waals surface area contributed by atoms with E-state index in [1.165, 1.54) is 14.7 Å². The minimum Gasteiger partial charge on any atom is -0.480 e. The summed E-state index contributed by atoms with van der Waals surface area (Å²) in [6.07, 6.45) is 1.09. The zero-order chi connectivity index (χ0) is 16.3. The summed E-state index contributed by atoms with van der Waals surface area (Å²) in [4.78, 5) is 29.2. The minimum absolute atomic E-state index is 0.0902. The quantitative estimate of drug-likeness (QED) is 0.870. The highest BCUT2D eigenvalue weighted by Gasteiger charge is 2.32. The molecule has 0 radical (unpaired) electrons. The van der Waals surface area contributed by atoms with Gasteiger partial charge in [-0.1, -0.05) is 13.8 Å². The van der Waals surface area contributed by atoms with Crippen molar-refractivity contribution < 1.29 is 14.7 Å². The van der Waals surface area contributed by atoms with Crippen LogP contribution in [0.1, 0.15) is 30.5 Å². The normalized spacial score (nSPS) is 19.9. The Bertz CT molecular complexity index is 541. The van der Waals surface area contributed by atoms with Gasteiger partial charge in [0.1, 0.15) is 6.54 Å². The van der Waals surface area contributed by atoms with Crippen molar-refractivity contribution >= 4 is 23.2 Å². The van der Waals surface area contributed by atoms with Crippen LogP contribution in [0.3, 0.4) is 0 Å². The van der Waals surface area contributed by atoms with Crippen LogP contribution in [0.2, 0.25) is 0 Å². The molecule has 0 spiro atoms. The Morgan fingerprint density at radius 3 is 2.68 bits per heavy atom. The standard InChI is InChI=1S/C16H24N2O3S/c1-11(2)8-13-4-5-14(22-13)9-17-6-7-18(10-15(19)20)16(21)12(17)3/h4-5,11-12H,6-10H2,1-3H3,(H,19,20)/t12-/m1/s1. The summed E-state index contributed by atoms with van der Waals surface area (Å²) in [6.45, 7) is 8.05. The fourth-order valence-corrected chi connectivity index (χ4v) is 3.99. The molecule has 6 heteroatoms. The van der Waals surface area contributed by atoms with Crippen LogP contribution in [0, 0.1) is 5.92 Å². The smallest absolute Gasteiger partial charge is 0.323 e. The monoisotopic (exact) mass is 324 g/mol. The topological polar surface area (TPSA) is 60.9 Å². The average Bonchev–Trinajstić information content (AvgIpc) is 2.84. The van der Waals surface area contributed by atoms with Gasteiger partial charge in [-0.3, -0.25) is 14.5 Å². The summed E-state index contributed by atoms with van der Waals surface area (Å²) in [5, 5.41) is 8.84. The van der Waals surface area contributed by atoms with Gasteiger partial charge in [0.15, 0.2) is 0 Å². The van der Waals surface area contributed by atoms with Gasteiger partial charge in [-0.2, -0.15) is 0 Å². The fraction of sp³-hybridized carbons (Fsp3) is 0.625. The van der Waals surface area contributed by atoms with E-state index in [0.717, 1.165) is 19.5 Å². The number of carboxylic acid groups (broad SMARTS) is 1. The van der Waals surface area contributed by atoms with Crippen molar-refractivity contribution in [3.63, 3.8) is 0 Å². The number of aliphatic carboxylic acids is 1. The number of carbonyl (C=O) groups excluding carboxylic acids is 1. The van der Waals surface area contributed by atoms with Gasteiger partial charge in [0.2, 0.25) is 5.91 Å². The van der Waals surface area contributed by atoms with Crippen molar-refractivity contribution in [3.8, 4) is 0 Å². The Kier molecular flexibility index (Phi) is 5.58. The van der Waals surface area contributed by atoms with Crippen molar-refractivity contribution in [2.45, 2.75) is 39.8 Å². The van der Waals surface area contributed by atoms with Gasteiger partial charge in [-0.15, -0.1) is 11.3 Å². The van der Waals surface area contributed by atoms with Gasteiger partial charge in [-0.05, 0) is 31.4 Å². The van der Waals surface area contributed by atoms with Crippen molar-refractivity contribution in [2.24, 2.45) is 5.92 Å². The predicted octanol–water partition coefficient (Wildman–Crippen LogP) is 2.06. The molecule has 1 saturated heterocycles. The lowest BCUT2D eigenvalue weighted by Gasteiger charge is -2.38. The van der Waals surface area contributed by atoms with Crippen LogP contribution < -0.4 is 0 Å². The van der Waals surface area contributed by atoms with E-state index in [2.05, 4.69) is 30.9 Å². The maximum absolute atomic E-state index is 12.2. The third kappa shape index (κ3) is 4.30. The zero-order valence-corrected chi connectivity index (χ0v) is 14.2. The number of carboxylic acids is 1. The second kappa shape index (κ2) is 7.24. The molecule has 2 rings (SSSR count). The Morgan fingerprint density at radius 2 is 2.05 bits per heavy atom. The van der Waals surface area contributed by atoms with Gasteiger partial charge in [0.05, 0.1) is 6.04 Å². The second-order valence-corrected chi connectivity index (χ2v) is 7.52. The predicted molar refractivity (Wildman–Crippen MR) is 86.9 cm³/mol. The molecule has 0 aromatic carbocycles. The molecule has 1 aliphatic rings. The summed E-state index contributed by atoms with van der Waals surface area (Å²) >= 11 is 1.81. The Hall–Kier alpha value is -1.40. The van der Waals surface area contributed by atoms with E-state index < -0.39 is 5.97 Å². The Balaban J connectivity index is 1.95. The van der Waals surface area contributed by atoms with Crippen molar-refractivity contribution in [3.05, 3.63) is 21.9 Å². The molecule has 0 aliphatic carbocycles. The molecule has 0 saturated carbocycles. The number of nitrogens with zero attached hydrogens (tertiary/aromatic N) is 2. The SMILES string of the molecule is CC(C)Cc1ccc(CN2CCN(CC(=O)O)C(=O)[C@H]2C)s1. The van der Waals surface area contributed by atoms with Crippen molar-refractivity contribution in [1.29, 1.82) is 0 Å². The molecular formula is C16H24N2O3S. The number of piperazine rings is 1. The first-order valence-electron chi connectivity index (χ1n) is 7.69. The zero-order valence-electron chi connectivity index (χ0n) is 13.4. The first-order chi connectivity index (χ1) is 10.4. The summed E-state index contributed by atoms with van der Waals surface area (Å²) in [6, 6.07) is 4.06. The van der Waals surface area contributed by atoms with Gasteiger partial charge in [0.25, 0.3) is 0 Å². The number of rotatable bonds is 6. The van der Waals surface area contributed by atoms with Gasteiger partial charge >= 0.3 is 5.97 Å². The largest absolute Gasteiger partial charge is 0.480 e. The molecule has 5 nitrogen and oxygen atoms in total. The van der Waals surface area contributed by atoms with E-state index in [1.54, 1.807) is 0 Å². The number of hydrogen-bond donors (Lipinski definition) is 1. The maximum atomic E-state index is 12.2. The molecule has 0 unspecified atom stereocenters. The summed E-state index contributed by atoms with van der Waals surface area (Å²) < 4.78 is 0. The second-order valence-electron chi connectivity index (χ2n) is 6.27. The molecule has 2 heterocycles. The number of amides is 1. The highest BCUT2D eigenvalue weighted by atomic mass is 32.1. The van der Waals surface area contributed by atoms with Crippen LogP contribution in [0.4, 0.5) is 0 Å². The number of hydrogen-bond acceptors (Lipinski definition) is 4. The lowest BCUT2D eigenvalue weighted by atomic mass is 10.1. The average molecular weight is 324 g/mol. The van der Waals surface area contributed by atoms with Crippen LogP contribution >= 0.6 is 11.3 Å². The molecule has 122 valence electrons. The van der Waals surface area contributed by atoms with Gasteiger partial charge in [-0.25, -0.2) is 0 Å². The van der Waals surface area contributed by atoms with Gasteiger partial charge in [0, 0.05) is 29.4 Å². The summed E-state index contributed by atoms with van der Waals surface area (Å²) in [5.74, 6) is -0.398. The lowest BCUT2D eigenvalue weighted by Crippen LogP contribution is -2.56. The molecule has 1 aliphatic heterocycles. The number of thiophene rings is 1. The first-order valence-corrected chi connectivity index (χ1v) is 8.50. The highest BCUT2D eigenvalue weighted by molar-refractivity contribution is 7.11. The van der Waals surface area contributed by atoms with E-state index in [4.69, 9.17) is 5.11 Å². The first kappa shape index (κ1) is 17.0. The van der Waals surface area contributed by atoms with E-state index in [1.807, 2.05) is 18.3 Å². The van der Waals surface area contributed by atoms with E-state index >= 15 is 0 Å². The van der Waals surface area contributed by atoms with E-state index in [-0.39, 0.29) is 18.5 Å². The molecule has 1 amide bonds. The number of carbonyl (C=O) groups is 2. The van der Waals surface area contributed by atoms with Crippen LogP contribution in [0.5, 0.6) is 0 Å². The minimum atomic E-state index is -0.953. The molecule has 0 bridgehead atoms.